The van der Waals surface area contributed by atoms with Crippen molar-refractivity contribution in [2.75, 3.05) is 26.2 Å². The molecule has 0 bridgehead atoms. The summed E-state index contributed by atoms with van der Waals surface area (Å²) in [6.07, 6.45) is 1.49. The molecular weight excluding hydrogens is 128 g/mol. The molecule has 3 heteroatoms. The number of aliphatic hydroxyl groups excluding tert-OH is 1. The van der Waals surface area contributed by atoms with Crippen LogP contribution in [-0.4, -0.2) is 42.4 Å². The van der Waals surface area contributed by atoms with E-state index in [4.69, 9.17) is 0 Å². The molecule has 0 amide bonds. The molecule has 0 aromatic heterocycles. The fourth-order valence-corrected chi connectivity index (χ4v) is 1.11. The van der Waals surface area contributed by atoms with Crippen molar-refractivity contribution >= 4 is 0 Å². The van der Waals surface area contributed by atoms with Gasteiger partial charge in [-0.2, -0.15) is 0 Å². The van der Waals surface area contributed by atoms with E-state index in [2.05, 4.69) is 11.9 Å². The zero-order chi connectivity index (χ0) is 7.40. The van der Waals surface area contributed by atoms with E-state index in [0.29, 0.717) is 6.54 Å². The zero-order valence-electron chi connectivity index (χ0n) is 6.08. The first-order valence-corrected chi connectivity index (χ1v) is 3.58. The average Bonchev–Trinajstić information content (AvgIpc) is 1.94. The Hall–Kier alpha value is -0.380. The first-order chi connectivity index (χ1) is 4.84. The van der Waals surface area contributed by atoms with Crippen LogP contribution in [0.2, 0.25) is 0 Å². The van der Waals surface area contributed by atoms with Crippen LogP contribution in [0.1, 0.15) is 0 Å². The normalized spacial score (nSPS) is 28.3. The fourth-order valence-electron chi connectivity index (χ4n) is 1.11. The Balaban J connectivity index is 2.32. The molecule has 0 radical (unpaired) electrons. The maximum Gasteiger partial charge on any atom is 0.120 e. The first kappa shape index (κ1) is 7.72. The van der Waals surface area contributed by atoms with Gasteiger partial charge in [0.15, 0.2) is 0 Å². The van der Waals surface area contributed by atoms with Crippen molar-refractivity contribution in [3.8, 4) is 0 Å². The highest BCUT2D eigenvalue weighted by atomic mass is 16.3. The molecule has 0 spiro atoms. The second-order valence-corrected chi connectivity index (χ2v) is 2.47. The molecule has 10 heavy (non-hydrogen) atoms. The second kappa shape index (κ2) is 3.71. The minimum atomic E-state index is -0.327. The minimum Gasteiger partial charge on any atom is -0.377 e. The lowest BCUT2D eigenvalue weighted by Gasteiger charge is -2.31. The van der Waals surface area contributed by atoms with E-state index in [1.54, 1.807) is 0 Å². The summed E-state index contributed by atoms with van der Waals surface area (Å²) in [5.74, 6) is 0. The molecule has 1 saturated heterocycles. The molecule has 1 rings (SSSR count). The van der Waals surface area contributed by atoms with Crippen LogP contribution in [0.3, 0.4) is 0 Å². The van der Waals surface area contributed by atoms with Gasteiger partial charge in [-0.3, -0.25) is 4.90 Å². The van der Waals surface area contributed by atoms with Crippen molar-refractivity contribution in [1.82, 2.24) is 10.2 Å². The van der Waals surface area contributed by atoms with Gasteiger partial charge >= 0.3 is 0 Å². The summed E-state index contributed by atoms with van der Waals surface area (Å²) in [4.78, 5) is 1.99. The topological polar surface area (TPSA) is 35.5 Å². The van der Waals surface area contributed by atoms with Crippen LogP contribution >= 0.6 is 0 Å². The molecule has 3 nitrogen and oxygen atoms in total. The zero-order valence-corrected chi connectivity index (χ0v) is 6.08. The molecule has 58 valence electrons. The van der Waals surface area contributed by atoms with Gasteiger partial charge in [-0.05, 0) is 0 Å². The third-order valence-corrected chi connectivity index (χ3v) is 1.69. The maximum absolute atomic E-state index is 9.32. The van der Waals surface area contributed by atoms with Crippen LogP contribution in [0.5, 0.6) is 0 Å². The predicted molar refractivity (Wildman–Crippen MR) is 40.6 cm³/mol. The lowest BCUT2D eigenvalue weighted by atomic mass is 10.3. The molecule has 1 aliphatic heterocycles. The Morgan fingerprint density at radius 1 is 1.80 bits per heavy atom. The number of hydrogen-bond acceptors (Lipinski definition) is 3. The number of hydrogen-bond donors (Lipinski definition) is 2. The molecule has 1 atom stereocenters. The van der Waals surface area contributed by atoms with E-state index < -0.39 is 0 Å². The average molecular weight is 142 g/mol. The molecule has 0 aliphatic carbocycles. The Morgan fingerprint density at radius 3 is 3.20 bits per heavy atom. The summed E-state index contributed by atoms with van der Waals surface area (Å²) in [5, 5.41) is 12.4. The molecule has 1 aliphatic rings. The van der Waals surface area contributed by atoms with Crippen LogP contribution in [0.4, 0.5) is 0 Å². The molecule has 1 heterocycles. The molecule has 1 fully saturated rings. The van der Waals surface area contributed by atoms with Crippen LogP contribution < -0.4 is 5.32 Å². The molecule has 0 aromatic carbocycles. The maximum atomic E-state index is 9.32. The third kappa shape index (κ3) is 1.80. The fraction of sp³-hybridized carbons (Fsp3) is 0.714. The summed E-state index contributed by atoms with van der Waals surface area (Å²) >= 11 is 0. The number of rotatable bonds is 2. The number of nitrogens with one attached hydrogen (secondary N) is 1. The van der Waals surface area contributed by atoms with Gasteiger partial charge in [0, 0.05) is 26.2 Å². The van der Waals surface area contributed by atoms with Crippen LogP contribution in [0.15, 0.2) is 12.7 Å². The minimum absolute atomic E-state index is 0.327. The summed E-state index contributed by atoms with van der Waals surface area (Å²) in [6.45, 7) is 6.94. The second-order valence-electron chi connectivity index (χ2n) is 2.47. The van der Waals surface area contributed by atoms with Gasteiger partial charge in [0.1, 0.15) is 6.23 Å². The molecule has 0 saturated carbocycles. The Labute approximate surface area is 61.3 Å². The Bertz CT molecular complexity index is 116. The SMILES string of the molecule is C=CCN1CCNCC1O. The van der Waals surface area contributed by atoms with Gasteiger partial charge in [0.2, 0.25) is 0 Å². The summed E-state index contributed by atoms with van der Waals surface area (Å²) in [6, 6.07) is 0. The van der Waals surface area contributed by atoms with E-state index in [1.165, 1.54) is 0 Å². The lowest BCUT2D eigenvalue weighted by molar-refractivity contribution is -0.00462. The highest BCUT2D eigenvalue weighted by Crippen LogP contribution is 1.98. The molecular formula is C7H14N2O. The van der Waals surface area contributed by atoms with Crippen molar-refractivity contribution in [3.63, 3.8) is 0 Å². The summed E-state index contributed by atoms with van der Waals surface area (Å²) in [7, 11) is 0. The smallest absolute Gasteiger partial charge is 0.120 e. The van der Waals surface area contributed by atoms with Gasteiger partial charge in [-0.1, -0.05) is 6.08 Å². The highest BCUT2D eigenvalue weighted by molar-refractivity contribution is 4.79. The number of aliphatic hydroxyl groups is 1. The monoisotopic (exact) mass is 142 g/mol. The number of β-amino-alcohol motifs (C(OH)–C–C–N with tert-alkyl or cyclic N) is 1. The summed E-state index contributed by atoms with van der Waals surface area (Å²) in [5.41, 5.74) is 0. The summed E-state index contributed by atoms with van der Waals surface area (Å²) < 4.78 is 0. The van der Waals surface area contributed by atoms with Gasteiger partial charge in [-0.25, -0.2) is 0 Å². The Morgan fingerprint density at radius 2 is 2.60 bits per heavy atom. The van der Waals surface area contributed by atoms with E-state index in [1.807, 2.05) is 11.0 Å². The van der Waals surface area contributed by atoms with E-state index in [9.17, 15) is 5.11 Å². The van der Waals surface area contributed by atoms with Crippen LogP contribution in [-0.2, 0) is 0 Å². The van der Waals surface area contributed by atoms with Gasteiger partial charge in [0.25, 0.3) is 0 Å². The number of nitrogens with zero attached hydrogens (tertiary/aromatic N) is 1. The molecule has 1 unspecified atom stereocenters. The van der Waals surface area contributed by atoms with Gasteiger partial charge < -0.3 is 10.4 Å². The van der Waals surface area contributed by atoms with Crippen molar-refractivity contribution in [1.29, 1.82) is 0 Å². The first-order valence-electron chi connectivity index (χ1n) is 3.58. The van der Waals surface area contributed by atoms with E-state index in [0.717, 1.165) is 19.6 Å². The van der Waals surface area contributed by atoms with Crippen molar-refractivity contribution in [3.05, 3.63) is 12.7 Å². The van der Waals surface area contributed by atoms with E-state index >= 15 is 0 Å². The van der Waals surface area contributed by atoms with Crippen molar-refractivity contribution in [2.45, 2.75) is 6.23 Å². The van der Waals surface area contributed by atoms with Gasteiger partial charge in [-0.15, -0.1) is 6.58 Å². The largest absolute Gasteiger partial charge is 0.377 e. The van der Waals surface area contributed by atoms with Crippen molar-refractivity contribution in [2.24, 2.45) is 0 Å². The molecule has 0 aromatic rings. The lowest BCUT2D eigenvalue weighted by Crippen LogP contribution is -2.50. The van der Waals surface area contributed by atoms with Crippen molar-refractivity contribution < 1.29 is 5.11 Å². The molecule has 2 N–H and O–H groups in total. The predicted octanol–water partition coefficient (Wildman–Crippen LogP) is -0.604. The number of piperazine rings is 1. The van der Waals surface area contributed by atoms with Gasteiger partial charge in [0.05, 0.1) is 0 Å². The third-order valence-electron chi connectivity index (χ3n) is 1.69. The van der Waals surface area contributed by atoms with Crippen LogP contribution in [0.25, 0.3) is 0 Å². The quantitative estimate of drug-likeness (QED) is 0.505. The Kier molecular flexibility index (Phi) is 2.86. The van der Waals surface area contributed by atoms with Crippen LogP contribution in [0, 0.1) is 0 Å². The standard InChI is InChI=1S/C7H14N2O/c1-2-4-9-5-3-8-6-7(9)10/h2,7-8,10H,1,3-6H2. The van der Waals surface area contributed by atoms with E-state index in [-0.39, 0.29) is 6.23 Å². The highest BCUT2D eigenvalue weighted by Gasteiger charge is 2.16.